The highest BCUT2D eigenvalue weighted by Gasteiger charge is 2.29. The number of thioether (sulfide) groups is 1. The Morgan fingerprint density at radius 1 is 1.14 bits per heavy atom. The maximum Gasteiger partial charge on any atom is 0.289 e. The predicted octanol–water partition coefficient (Wildman–Crippen LogP) is 3.14. The van der Waals surface area contributed by atoms with E-state index in [2.05, 4.69) is 5.32 Å². The van der Waals surface area contributed by atoms with Gasteiger partial charge in [-0.05, 0) is 42.3 Å². The highest BCUT2D eigenvalue weighted by Crippen LogP contribution is 2.32. The van der Waals surface area contributed by atoms with E-state index >= 15 is 0 Å². The molecule has 2 heterocycles. The Kier molecular flexibility index (Phi) is 5.44. The molecule has 150 valence electrons. The Balaban J connectivity index is 1.44. The van der Waals surface area contributed by atoms with Gasteiger partial charge in [-0.3, -0.25) is 19.3 Å². The van der Waals surface area contributed by atoms with Gasteiger partial charge in [-0.1, -0.05) is 30.0 Å². The third-order valence-electron chi connectivity index (χ3n) is 4.78. The average Bonchev–Trinajstić information content (AvgIpc) is 3.05. The Hall–Kier alpha value is -3.00. The molecule has 29 heavy (non-hydrogen) atoms. The SMILES string of the molecule is C[C@H](NC(=O)c1cccc(CN2C(=O)CSC2=O)c1)c1ccc2c(c1)OCCO2. The van der Waals surface area contributed by atoms with Gasteiger partial charge in [-0.15, -0.1) is 0 Å². The molecule has 2 aromatic rings. The van der Waals surface area contributed by atoms with Crippen molar-refractivity contribution in [1.82, 2.24) is 10.2 Å². The first-order chi connectivity index (χ1) is 14.0. The number of carbonyl (C=O) groups excluding carboxylic acids is 3. The summed E-state index contributed by atoms with van der Waals surface area (Å²) >= 11 is 0.998. The summed E-state index contributed by atoms with van der Waals surface area (Å²) in [5, 5.41) is 2.72. The van der Waals surface area contributed by atoms with Crippen LogP contribution >= 0.6 is 11.8 Å². The lowest BCUT2D eigenvalue weighted by atomic mass is 10.1. The molecule has 2 aromatic carbocycles. The molecule has 0 aromatic heterocycles. The summed E-state index contributed by atoms with van der Waals surface area (Å²) in [5.41, 5.74) is 2.11. The van der Waals surface area contributed by atoms with Crippen molar-refractivity contribution in [2.24, 2.45) is 0 Å². The molecule has 2 aliphatic heterocycles. The number of benzene rings is 2. The van der Waals surface area contributed by atoms with Gasteiger partial charge < -0.3 is 14.8 Å². The van der Waals surface area contributed by atoms with Gasteiger partial charge in [0.05, 0.1) is 18.3 Å². The third kappa shape index (κ3) is 4.22. The van der Waals surface area contributed by atoms with E-state index in [4.69, 9.17) is 9.47 Å². The standard InChI is InChI=1S/C21H20N2O5S/c1-13(15-5-6-17-18(10-15)28-8-7-27-17)22-20(25)16-4-2-3-14(9-16)11-23-19(24)12-29-21(23)26/h2-6,9-10,13H,7-8,11-12H2,1H3,(H,22,25)/t13-/m0/s1. The number of nitrogens with one attached hydrogen (secondary N) is 1. The number of fused-ring (bicyclic) bond motifs is 1. The van der Waals surface area contributed by atoms with E-state index in [1.807, 2.05) is 25.1 Å². The molecular weight excluding hydrogens is 392 g/mol. The van der Waals surface area contributed by atoms with E-state index in [-0.39, 0.29) is 35.4 Å². The van der Waals surface area contributed by atoms with Gasteiger partial charge >= 0.3 is 0 Å². The van der Waals surface area contributed by atoms with Gasteiger partial charge in [-0.25, -0.2) is 0 Å². The maximum absolute atomic E-state index is 12.7. The zero-order valence-electron chi connectivity index (χ0n) is 15.8. The predicted molar refractivity (Wildman–Crippen MR) is 108 cm³/mol. The lowest BCUT2D eigenvalue weighted by Gasteiger charge is -2.21. The van der Waals surface area contributed by atoms with Gasteiger partial charge in [0.25, 0.3) is 11.1 Å². The fourth-order valence-electron chi connectivity index (χ4n) is 3.22. The van der Waals surface area contributed by atoms with Crippen molar-refractivity contribution in [3.8, 4) is 11.5 Å². The van der Waals surface area contributed by atoms with Gasteiger partial charge in [0.1, 0.15) is 13.2 Å². The van der Waals surface area contributed by atoms with Crippen molar-refractivity contribution < 1.29 is 23.9 Å². The molecule has 0 saturated carbocycles. The molecule has 0 radical (unpaired) electrons. The third-order valence-corrected chi connectivity index (χ3v) is 5.64. The number of carbonyl (C=O) groups is 3. The minimum atomic E-state index is -0.253. The maximum atomic E-state index is 12.7. The van der Waals surface area contributed by atoms with Crippen LogP contribution in [0.15, 0.2) is 42.5 Å². The van der Waals surface area contributed by atoms with Crippen LogP contribution < -0.4 is 14.8 Å². The van der Waals surface area contributed by atoms with Crippen LogP contribution in [0.2, 0.25) is 0 Å². The topological polar surface area (TPSA) is 84.9 Å². The van der Waals surface area contributed by atoms with Crippen LogP contribution in [0.4, 0.5) is 4.79 Å². The number of amides is 3. The van der Waals surface area contributed by atoms with E-state index in [1.54, 1.807) is 24.3 Å². The van der Waals surface area contributed by atoms with Gasteiger partial charge in [0, 0.05) is 5.56 Å². The molecule has 0 unspecified atom stereocenters. The number of nitrogens with zero attached hydrogens (tertiary/aromatic N) is 1. The van der Waals surface area contributed by atoms with Gasteiger partial charge in [0.2, 0.25) is 5.91 Å². The smallest absolute Gasteiger partial charge is 0.289 e. The molecule has 2 aliphatic rings. The van der Waals surface area contributed by atoms with Crippen molar-refractivity contribution in [1.29, 1.82) is 0 Å². The fourth-order valence-corrected chi connectivity index (χ4v) is 3.94. The van der Waals surface area contributed by atoms with E-state index in [0.717, 1.165) is 22.9 Å². The minimum absolute atomic E-state index is 0.170. The zero-order valence-corrected chi connectivity index (χ0v) is 16.7. The Morgan fingerprint density at radius 2 is 1.93 bits per heavy atom. The lowest BCUT2D eigenvalue weighted by molar-refractivity contribution is -0.125. The summed E-state index contributed by atoms with van der Waals surface area (Å²) in [6.45, 7) is 3.10. The lowest BCUT2D eigenvalue weighted by Crippen LogP contribution is -2.29. The van der Waals surface area contributed by atoms with E-state index in [1.165, 1.54) is 4.90 Å². The van der Waals surface area contributed by atoms with Crippen LogP contribution in [0.3, 0.4) is 0 Å². The highest BCUT2D eigenvalue weighted by molar-refractivity contribution is 8.14. The summed E-state index contributed by atoms with van der Waals surface area (Å²) in [5.74, 6) is 1.11. The highest BCUT2D eigenvalue weighted by atomic mass is 32.2. The van der Waals surface area contributed by atoms with Crippen LogP contribution in [-0.2, 0) is 11.3 Å². The summed E-state index contributed by atoms with van der Waals surface area (Å²) in [4.78, 5) is 37.5. The van der Waals surface area contributed by atoms with E-state index < -0.39 is 0 Å². The number of imide groups is 1. The van der Waals surface area contributed by atoms with Crippen LogP contribution in [-0.4, -0.2) is 40.9 Å². The summed E-state index contributed by atoms with van der Waals surface area (Å²) in [6, 6.07) is 12.3. The molecule has 7 nitrogen and oxygen atoms in total. The van der Waals surface area contributed by atoms with Crippen LogP contribution in [0.5, 0.6) is 11.5 Å². The first kappa shape index (κ1) is 19.3. The Bertz CT molecular complexity index is 961. The van der Waals surface area contributed by atoms with Crippen molar-refractivity contribution >= 4 is 28.8 Å². The second kappa shape index (κ2) is 8.16. The summed E-state index contributed by atoms with van der Waals surface area (Å²) in [7, 11) is 0. The second-order valence-electron chi connectivity index (χ2n) is 6.83. The van der Waals surface area contributed by atoms with Crippen LogP contribution in [0, 0.1) is 0 Å². The molecule has 8 heteroatoms. The molecule has 0 bridgehead atoms. The number of hydrogen-bond donors (Lipinski definition) is 1. The van der Waals surface area contributed by atoms with Crippen molar-refractivity contribution in [3.05, 3.63) is 59.2 Å². The zero-order chi connectivity index (χ0) is 20.4. The van der Waals surface area contributed by atoms with Crippen molar-refractivity contribution in [2.75, 3.05) is 19.0 Å². The first-order valence-electron chi connectivity index (χ1n) is 9.28. The van der Waals surface area contributed by atoms with Gasteiger partial charge in [0.15, 0.2) is 11.5 Å². The molecule has 1 saturated heterocycles. The number of hydrogen-bond acceptors (Lipinski definition) is 6. The summed E-state index contributed by atoms with van der Waals surface area (Å²) < 4.78 is 11.1. The number of ether oxygens (including phenoxy) is 2. The molecule has 1 N–H and O–H groups in total. The second-order valence-corrected chi connectivity index (χ2v) is 7.76. The molecule has 1 fully saturated rings. The molecule has 0 spiro atoms. The minimum Gasteiger partial charge on any atom is -0.486 e. The normalized spacial score (nSPS) is 16.7. The first-order valence-corrected chi connectivity index (χ1v) is 10.3. The van der Waals surface area contributed by atoms with Crippen LogP contribution in [0.25, 0.3) is 0 Å². The largest absolute Gasteiger partial charge is 0.486 e. The van der Waals surface area contributed by atoms with E-state index in [9.17, 15) is 14.4 Å². The average molecular weight is 412 g/mol. The monoisotopic (exact) mass is 412 g/mol. The molecule has 0 aliphatic carbocycles. The molecule has 3 amide bonds. The van der Waals surface area contributed by atoms with Gasteiger partial charge in [-0.2, -0.15) is 0 Å². The summed E-state index contributed by atoms with van der Waals surface area (Å²) in [6.07, 6.45) is 0. The fraction of sp³-hybridized carbons (Fsp3) is 0.286. The quantitative estimate of drug-likeness (QED) is 0.812. The van der Waals surface area contributed by atoms with Crippen molar-refractivity contribution in [3.63, 3.8) is 0 Å². The Morgan fingerprint density at radius 3 is 2.69 bits per heavy atom. The van der Waals surface area contributed by atoms with E-state index in [0.29, 0.717) is 30.3 Å². The molecule has 4 rings (SSSR count). The molecular formula is C21H20N2O5S. The molecule has 1 atom stereocenters. The van der Waals surface area contributed by atoms with Crippen LogP contribution in [0.1, 0.15) is 34.5 Å². The van der Waals surface area contributed by atoms with Crippen molar-refractivity contribution in [2.45, 2.75) is 19.5 Å². The Labute approximate surface area is 172 Å². The number of rotatable bonds is 5.